The third-order valence-electron chi connectivity index (χ3n) is 9.33. The Kier molecular flexibility index (Phi) is 8.77. The smallest absolute Gasteiger partial charge is 0.252 e. The molecule has 1 amide bonds. The molecular weight excluding hydrogens is 518 g/mol. The Hall–Kier alpha value is -3.99. The standard InChI is InChI=1S/C37H43N3O2/c1-6-8-9-13-25(3)35-34(29-14-10-11-15-29)31-18-17-30(23-33(31)40(35)5)36(42)39-37(20-12-21-37)26(4)38-32-19-16-27(24-41)22-28(32)7-2/h6,8-9,13,16-19,22-24,29H,3,7,10-12,14-15,20-21H2,1-2,4-5H3,(H,39,42)/b8-6-,13-9-,38-26?. The van der Waals surface area contributed by atoms with E-state index in [0.717, 1.165) is 60.0 Å². The molecule has 0 spiro atoms. The summed E-state index contributed by atoms with van der Waals surface area (Å²) >= 11 is 0. The van der Waals surface area contributed by atoms with Crippen molar-refractivity contribution < 1.29 is 9.59 Å². The van der Waals surface area contributed by atoms with Gasteiger partial charge in [-0.1, -0.05) is 56.7 Å². The van der Waals surface area contributed by atoms with Crippen molar-refractivity contribution in [1.82, 2.24) is 9.88 Å². The Labute approximate surface area is 250 Å². The van der Waals surface area contributed by atoms with Crippen LogP contribution in [-0.2, 0) is 13.5 Å². The highest BCUT2D eigenvalue weighted by Gasteiger charge is 2.41. The van der Waals surface area contributed by atoms with Gasteiger partial charge in [0.15, 0.2) is 0 Å². The minimum absolute atomic E-state index is 0.0739. The van der Waals surface area contributed by atoms with E-state index in [0.29, 0.717) is 17.0 Å². The average Bonchev–Trinajstić information content (AvgIpc) is 3.61. The molecule has 2 aliphatic carbocycles. The van der Waals surface area contributed by atoms with Crippen molar-refractivity contribution in [3.63, 3.8) is 0 Å². The van der Waals surface area contributed by atoms with E-state index in [1.165, 1.54) is 42.3 Å². The molecule has 0 bridgehead atoms. The molecule has 218 valence electrons. The molecule has 0 saturated heterocycles. The van der Waals surface area contributed by atoms with Crippen molar-refractivity contribution in [2.45, 2.75) is 83.6 Å². The molecule has 2 fully saturated rings. The zero-order valence-electron chi connectivity index (χ0n) is 25.5. The van der Waals surface area contributed by atoms with Crippen molar-refractivity contribution >= 4 is 40.1 Å². The third kappa shape index (κ3) is 5.57. The Balaban J connectivity index is 1.47. The fraction of sp³-hybridized carbons (Fsp3) is 0.378. The number of aromatic nitrogens is 1. The van der Waals surface area contributed by atoms with Gasteiger partial charge in [0.1, 0.15) is 6.29 Å². The number of nitrogens with one attached hydrogen (secondary N) is 1. The van der Waals surface area contributed by atoms with E-state index in [2.05, 4.69) is 42.6 Å². The van der Waals surface area contributed by atoms with Crippen molar-refractivity contribution in [1.29, 1.82) is 0 Å². The van der Waals surface area contributed by atoms with Crippen LogP contribution in [0.2, 0.25) is 0 Å². The molecule has 5 rings (SSSR count). The van der Waals surface area contributed by atoms with E-state index in [-0.39, 0.29) is 5.91 Å². The molecule has 2 saturated carbocycles. The van der Waals surface area contributed by atoms with Crippen LogP contribution in [0.25, 0.3) is 16.5 Å². The molecule has 2 aromatic carbocycles. The first-order valence-electron chi connectivity index (χ1n) is 15.4. The number of benzene rings is 2. The number of aldehydes is 1. The molecule has 1 N–H and O–H groups in total. The van der Waals surface area contributed by atoms with E-state index in [1.807, 2.05) is 56.3 Å². The van der Waals surface area contributed by atoms with E-state index in [4.69, 9.17) is 4.99 Å². The van der Waals surface area contributed by atoms with E-state index >= 15 is 0 Å². The average molecular weight is 562 g/mol. The first-order valence-corrected chi connectivity index (χ1v) is 15.4. The predicted molar refractivity (Wildman–Crippen MR) is 175 cm³/mol. The maximum atomic E-state index is 13.8. The fourth-order valence-electron chi connectivity index (χ4n) is 6.74. The summed E-state index contributed by atoms with van der Waals surface area (Å²) < 4.78 is 2.23. The lowest BCUT2D eigenvalue weighted by Crippen LogP contribution is -2.58. The molecule has 1 aromatic heterocycles. The molecular formula is C37H43N3O2. The van der Waals surface area contributed by atoms with Gasteiger partial charge < -0.3 is 9.88 Å². The molecule has 42 heavy (non-hydrogen) atoms. The predicted octanol–water partition coefficient (Wildman–Crippen LogP) is 8.80. The molecule has 5 nitrogen and oxygen atoms in total. The topological polar surface area (TPSA) is 63.5 Å². The number of fused-ring (bicyclic) bond motifs is 1. The summed E-state index contributed by atoms with van der Waals surface area (Å²) in [6, 6.07) is 11.8. The highest BCUT2D eigenvalue weighted by molar-refractivity contribution is 6.04. The van der Waals surface area contributed by atoms with Gasteiger partial charge in [0.25, 0.3) is 5.91 Å². The zero-order chi connectivity index (χ0) is 29.9. The maximum absolute atomic E-state index is 13.8. The first kappa shape index (κ1) is 29.5. The van der Waals surface area contributed by atoms with Crippen LogP contribution in [0.5, 0.6) is 0 Å². The van der Waals surface area contributed by atoms with Crippen LogP contribution in [0, 0.1) is 0 Å². The summed E-state index contributed by atoms with van der Waals surface area (Å²) in [7, 11) is 2.10. The molecule has 0 unspecified atom stereocenters. The Morgan fingerprint density at radius 3 is 2.52 bits per heavy atom. The number of hydrogen-bond donors (Lipinski definition) is 1. The quantitative estimate of drug-likeness (QED) is 0.153. The monoisotopic (exact) mass is 561 g/mol. The summed E-state index contributed by atoms with van der Waals surface area (Å²) in [6.45, 7) is 10.5. The third-order valence-corrected chi connectivity index (χ3v) is 9.33. The lowest BCUT2D eigenvalue weighted by atomic mass is 9.73. The molecule has 5 heteroatoms. The van der Waals surface area contributed by atoms with Gasteiger partial charge in [-0.15, -0.1) is 0 Å². The summed E-state index contributed by atoms with van der Waals surface area (Å²) in [5, 5.41) is 4.59. The van der Waals surface area contributed by atoms with Gasteiger partial charge in [0, 0.05) is 34.8 Å². The van der Waals surface area contributed by atoms with Crippen LogP contribution < -0.4 is 5.32 Å². The largest absolute Gasteiger partial charge is 0.343 e. The molecule has 0 atom stereocenters. The number of nitrogens with zero attached hydrogens (tertiary/aromatic N) is 2. The van der Waals surface area contributed by atoms with Crippen LogP contribution in [-0.4, -0.2) is 28.0 Å². The Morgan fingerprint density at radius 1 is 1.12 bits per heavy atom. The number of amides is 1. The molecule has 2 aliphatic rings. The van der Waals surface area contributed by atoms with Gasteiger partial charge in [-0.25, -0.2) is 0 Å². The van der Waals surface area contributed by atoms with Gasteiger partial charge in [0.05, 0.1) is 16.9 Å². The number of carbonyl (C=O) groups is 2. The number of rotatable bonds is 10. The van der Waals surface area contributed by atoms with Gasteiger partial charge in [-0.05, 0) is 105 Å². The normalized spacial score (nSPS) is 17.3. The number of aliphatic imine (C=N–C) groups is 1. The zero-order valence-corrected chi connectivity index (χ0v) is 25.5. The van der Waals surface area contributed by atoms with Crippen LogP contribution in [0.4, 0.5) is 5.69 Å². The van der Waals surface area contributed by atoms with E-state index in [9.17, 15) is 9.59 Å². The van der Waals surface area contributed by atoms with Crippen molar-refractivity contribution in [3.8, 4) is 0 Å². The van der Waals surface area contributed by atoms with Crippen LogP contribution in [0.15, 0.2) is 72.3 Å². The second-order valence-corrected chi connectivity index (χ2v) is 11.9. The summed E-state index contributed by atoms with van der Waals surface area (Å²) in [4.78, 5) is 30.0. The lowest BCUT2D eigenvalue weighted by molar-refractivity contribution is 0.0888. The molecule has 1 heterocycles. The second kappa shape index (κ2) is 12.5. The van der Waals surface area contributed by atoms with Crippen LogP contribution >= 0.6 is 0 Å². The number of carbonyl (C=O) groups excluding carboxylic acids is 2. The minimum Gasteiger partial charge on any atom is -0.343 e. The van der Waals surface area contributed by atoms with Crippen LogP contribution in [0.3, 0.4) is 0 Å². The van der Waals surface area contributed by atoms with Crippen molar-refractivity contribution in [3.05, 3.63) is 95.2 Å². The highest BCUT2D eigenvalue weighted by Crippen LogP contribution is 2.43. The SMILES string of the molecule is C=C(/C=C\C=C/C)c1c(C2CCCC2)c2ccc(C(=O)NC3(C(C)=Nc4ccc(C=O)cc4CC)CCC3)cc2n1C. The van der Waals surface area contributed by atoms with Crippen LogP contribution in [0.1, 0.15) is 109 Å². The molecule has 0 radical (unpaired) electrons. The van der Waals surface area contributed by atoms with Crippen molar-refractivity contribution in [2.24, 2.45) is 12.0 Å². The summed E-state index contributed by atoms with van der Waals surface area (Å²) in [5.41, 5.74) is 8.26. The van der Waals surface area contributed by atoms with Gasteiger partial charge in [-0.2, -0.15) is 0 Å². The minimum atomic E-state index is -0.458. The maximum Gasteiger partial charge on any atom is 0.252 e. The first-order chi connectivity index (χ1) is 20.3. The van der Waals surface area contributed by atoms with Gasteiger partial charge in [-0.3, -0.25) is 14.6 Å². The van der Waals surface area contributed by atoms with Gasteiger partial charge >= 0.3 is 0 Å². The lowest BCUT2D eigenvalue weighted by Gasteiger charge is -2.42. The van der Waals surface area contributed by atoms with Crippen molar-refractivity contribution in [2.75, 3.05) is 0 Å². The van der Waals surface area contributed by atoms with E-state index < -0.39 is 5.54 Å². The summed E-state index contributed by atoms with van der Waals surface area (Å²) in [5.74, 6) is 0.441. The van der Waals surface area contributed by atoms with E-state index in [1.54, 1.807) is 6.07 Å². The van der Waals surface area contributed by atoms with Gasteiger partial charge in [0.2, 0.25) is 0 Å². The number of hydrogen-bond acceptors (Lipinski definition) is 3. The number of allylic oxidation sites excluding steroid dienone is 5. The Morgan fingerprint density at radius 2 is 1.88 bits per heavy atom. The second-order valence-electron chi connectivity index (χ2n) is 11.9. The fourth-order valence-corrected chi connectivity index (χ4v) is 6.74. The number of aryl methyl sites for hydroxylation is 2. The summed E-state index contributed by atoms with van der Waals surface area (Å²) in [6.07, 6.45) is 17.5. The Bertz CT molecular complexity index is 1610. The molecule has 3 aromatic rings. The molecule has 0 aliphatic heterocycles. The highest BCUT2D eigenvalue weighted by atomic mass is 16.1.